The molecule has 24 nitrogen and oxygen atoms in total. The zero-order valence-corrected chi connectivity index (χ0v) is 41.4. The van der Waals surface area contributed by atoms with Crippen LogP contribution in [0.2, 0.25) is 0 Å². The van der Waals surface area contributed by atoms with E-state index < -0.39 is 138 Å². The average Bonchev–Trinajstić information content (AvgIpc) is 3.83. The second-order valence-electron chi connectivity index (χ2n) is 19.7. The van der Waals surface area contributed by atoms with Crippen LogP contribution < -0.4 is 62.6 Å². The van der Waals surface area contributed by atoms with Crippen LogP contribution in [-0.4, -0.2) is 137 Å². The summed E-state index contributed by atoms with van der Waals surface area (Å²) in [5, 5.41) is 49.2. The number of carboxylic acids is 1. The number of carbonyl (C=O) groups excluding carboxylic acids is 9. The van der Waals surface area contributed by atoms with Crippen LogP contribution in [0.5, 0.6) is 11.5 Å². The molecule has 5 aliphatic heterocycles. The molecule has 0 unspecified atom stereocenters. The van der Waals surface area contributed by atoms with Gasteiger partial charge in [-0.05, 0) is 93.7 Å². The predicted molar refractivity (Wildman–Crippen MR) is 257 cm³/mol. The molecule has 0 saturated heterocycles. The highest BCUT2D eigenvalue weighted by Gasteiger charge is 2.59. The van der Waals surface area contributed by atoms with Crippen LogP contribution in [-0.2, 0) is 59.8 Å². The minimum atomic E-state index is -1.86. The molecule has 0 aliphatic carbocycles. The van der Waals surface area contributed by atoms with Crippen LogP contribution in [0.3, 0.4) is 0 Å². The molecule has 73 heavy (non-hydrogen) atoms. The lowest BCUT2D eigenvalue weighted by Gasteiger charge is -2.36. The molecule has 24 heteroatoms. The molecule has 7 rings (SSSR count). The monoisotopic (exact) mass is 1020 g/mol. The van der Waals surface area contributed by atoms with Gasteiger partial charge in [0.05, 0.1) is 30.7 Å². The van der Waals surface area contributed by atoms with Crippen LogP contribution in [0.25, 0.3) is 0 Å². The zero-order valence-electron chi connectivity index (χ0n) is 41.4. The van der Waals surface area contributed by atoms with E-state index in [0.29, 0.717) is 23.1 Å². The molecule has 0 radical (unpaired) electrons. The van der Waals surface area contributed by atoms with Crippen molar-refractivity contribution in [2.45, 2.75) is 146 Å². The smallest absolute Gasteiger partial charge is 0.330 e. The van der Waals surface area contributed by atoms with Gasteiger partial charge >= 0.3 is 5.97 Å². The van der Waals surface area contributed by atoms with Gasteiger partial charge < -0.3 is 72.9 Å². The number of anilines is 1. The molecule has 2 aromatic rings. The quantitative estimate of drug-likeness (QED) is 0.140. The first kappa shape index (κ1) is 53.3. The third-order valence-corrected chi connectivity index (χ3v) is 14.2. The number of hydrogen-bond acceptors (Lipinski definition) is 14. The van der Waals surface area contributed by atoms with Crippen molar-refractivity contribution in [3.63, 3.8) is 0 Å². The fourth-order valence-electron chi connectivity index (χ4n) is 10.0. The summed E-state index contributed by atoms with van der Waals surface area (Å²) < 4.78 is 13.5. The summed E-state index contributed by atoms with van der Waals surface area (Å²) in [4.78, 5) is 136. The van der Waals surface area contributed by atoms with Crippen LogP contribution in [0.15, 0.2) is 30.3 Å². The van der Waals surface area contributed by atoms with E-state index in [1.807, 2.05) is 13.8 Å². The maximum absolute atomic E-state index is 14.5. The van der Waals surface area contributed by atoms with Crippen molar-refractivity contribution < 1.29 is 67.6 Å². The second-order valence-corrected chi connectivity index (χ2v) is 19.7. The van der Waals surface area contributed by atoms with Crippen LogP contribution >= 0.6 is 0 Å². The van der Waals surface area contributed by atoms with Crippen LogP contribution in [0.1, 0.15) is 108 Å². The first-order valence-electron chi connectivity index (χ1n) is 24.5. The van der Waals surface area contributed by atoms with Crippen molar-refractivity contribution in [1.82, 2.24) is 47.9 Å². The van der Waals surface area contributed by atoms with Crippen molar-refractivity contribution in [1.29, 1.82) is 0 Å². The molecule has 11 atom stereocenters. The molecule has 12 N–H and O–H groups in total. The molecule has 9 amide bonds. The number of fused-ring (bicyclic) bond motifs is 4. The number of aliphatic carboxylic acids is 1. The Morgan fingerprint density at radius 1 is 0.836 bits per heavy atom. The number of unbranched alkanes of at least 4 members (excludes halogenated alkanes) is 1. The van der Waals surface area contributed by atoms with E-state index >= 15 is 0 Å². The van der Waals surface area contributed by atoms with Gasteiger partial charge in [0.2, 0.25) is 53.2 Å². The van der Waals surface area contributed by atoms with Gasteiger partial charge in [0.25, 0.3) is 0 Å². The van der Waals surface area contributed by atoms with Gasteiger partial charge in [0.15, 0.2) is 12.3 Å². The Hall–Kier alpha value is -7.50. The van der Waals surface area contributed by atoms with Gasteiger partial charge in [-0.25, -0.2) is 4.79 Å². The molecule has 2 aromatic carbocycles. The lowest BCUT2D eigenvalue weighted by Crippen LogP contribution is -2.59. The Labute approximate surface area is 420 Å². The summed E-state index contributed by atoms with van der Waals surface area (Å²) in [6.45, 7) is 7.62. The third kappa shape index (κ3) is 11.1. The van der Waals surface area contributed by atoms with Crippen molar-refractivity contribution in [2.75, 3.05) is 25.0 Å². The molecule has 0 saturated carbocycles. The number of carboxylic acid groups (broad SMARTS) is 1. The highest BCUT2D eigenvalue weighted by Crippen LogP contribution is 2.60. The lowest BCUT2D eigenvalue weighted by atomic mass is 9.70. The number of para-hydroxylation sites is 1. The Morgan fingerprint density at radius 2 is 1.53 bits per heavy atom. The van der Waals surface area contributed by atoms with E-state index in [1.165, 1.54) is 20.8 Å². The Bertz CT molecular complexity index is 2590. The molecular formula is C49H64N10O14. The van der Waals surface area contributed by atoms with E-state index in [2.05, 4.69) is 53.2 Å². The molecule has 5 aliphatic rings. The summed E-state index contributed by atoms with van der Waals surface area (Å²) in [6.07, 6.45) is -1.63. The topological polar surface area (TPSA) is 350 Å². The third-order valence-electron chi connectivity index (χ3n) is 14.2. The van der Waals surface area contributed by atoms with Crippen molar-refractivity contribution in [2.24, 2.45) is 5.92 Å². The number of rotatable bonds is 8. The number of nitrogens with one attached hydrogen (secondary N) is 10. The normalized spacial score (nSPS) is 29.9. The lowest BCUT2D eigenvalue weighted by molar-refractivity contribution is -0.148. The van der Waals surface area contributed by atoms with Crippen molar-refractivity contribution >= 4 is 64.8 Å². The van der Waals surface area contributed by atoms with Gasteiger partial charge in [-0.2, -0.15) is 0 Å². The summed E-state index contributed by atoms with van der Waals surface area (Å²) in [5.74, 6) is -8.66. The molecule has 1 spiro atoms. The van der Waals surface area contributed by atoms with E-state index in [1.54, 1.807) is 37.3 Å². The Balaban J connectivity index is 1.42. The molecule has 9 bridgehead atoms. The summed E-state index contributed by atoms with van der Waals surface area (Å²) >= 11 is 0. The van der Waals surface area contributed by atoms with Crippen LogP contribution in [0, 0.1) is 5.92 Å². The van der Waals surface area contributed by atoms with Gasteiger partial charge in [0.1, 0.15) is 53.4 Å². The number of aliphatic hydroxyl groups is 1. The number of hydrogen-bond donors (Lipinski definition) is 12. The van der Waals surface area contributed by atoms with Crippen molar-refractivity contribution in [3.05, 3.63) is 52.6 Å². The van der Waals surface area contributed by atoms with Gasteiger partial charge in [-0.3, -0.25) is 43.2 Å². The molecule has 5 heterocycles. The Morgan fingerprint density at radius 3 is 2.25 bits per heavy atom. The number of ether oxygens (including phenoxy) is 2. The zero-order chi connectivity index (χ0) is 53.1. The minimum Gasteiger partial charge on any atom is -0.483 e. The first-order valence-corrected chi connectivity index (χ1v) is 24.5. The maximum Gasteiger partial charge on any atom is 0.330 e. The highest BCUT2D eigenvalue weighted by atomic mass is 16.5. The average molecular weight is 1020 g/mol. The molecule has 0 aromatic heterocycles. The van der Waals surface area contributed by atoms with E-state index in [0.717, 1.165) is 6.42 Å². The van der Waals surface area contributed by atoms with E-state index in [4.69, 9.17) is 9.47 Å². The SMILES string of the molecule is CCCCC(=O)N[C@@H](C)C(=O)N[C@H]1C[C@@H](C)Cc2cc3cc4c2O[C@H]2Nc5c6cccc5[C@@]42C[C@H](NC(=O)[C@H](C)NC(=O)CNC(=O)[C@@H](NC1=O)[C@@H]3O)C(=O)NCC(=O)NCC(=O)N[C@H](C(=O)O)[C@@](C)(CC)O6. The number of carbonyl (C=O) groups is 10. The van der Waals surface area contributed by atoms with Crippen LogP contribution in [0.4, 0.5) is 5.69 Å². The standard InChI is InChI=1S/C49H64N10O14/c1-7-9-13-32(60)53-23(4)41(65)55-29-15-22(3)14-26-16-25-17-28-39(26)72-47-49(28)18-30(56-42(66)24(5)54-34(62)21-52-45(69)37(38(25)64)58-44(29)68)43(67)51-19-33(61)50-20-35(63)57-40(46(70)71)48(6,8-2)73-31-12-10-11-27(49)36(31)59-47/h10-12,16-17,22-24,29-30,37-38,40,47,59,64H,7-9,13-15,18-21H2,1-6H3,(H,50,61)(H,51,67)(H,52,69)(H,53,60)(H,54,62)(H,55,65)(H,56,66)(H,57,63)(H,58,68)(H,70,71)/t22-,23-,24-,29-,30-,37-,38+,40+,47+,48+,49-/m0/s1. The fraction of sp³-hybridized carbons (Fsp3) is 0.551. The maximum atomic E-state index is 14.5. The fourth-order valence-corrected chi connectivity index (χ4v) is 10.0. The minimum absolute atomic E-state index is 0.0238. The molecule has 0 fully saturated rings. The number of benzene rings is 2. The highest BCUT2D eigenvalue weighted by molar-refractivity contribution is 5.97. The number of aliphatic hydroxyl groups excluding tert-OH is 1. The molecular weight excluding hydrogens is 953 g/mol. The van der Waals surface area contributed by atoms with Gasteiger partial charge in [-0.1, -0.05) is 39.3 Å². The predicted octanol–water partition coefficient (Wildman–Crippen LogP) is -1.73. The largest absolute Gasteiger partial charge is 0.483 e. The van der Waals surface area contributed by atoms with Crippen molar-refractivity contribution in [3.8, 4) is 11.5 Å². The molecule has 394 valence electrons. The summed E-state index contributed by atoms with van der Waals surface area (Å²) in [7, 11) is 0. The number of amides is 9. The first-order chi connectivity index (χ1) is 34.6. The summed E-state index contributed by atoms with van der Waals surface area (Å²) in [5.41, 5.74) is -1.57. The van der Waals surface area contributed by atoms with Gasteiger partial charge in [0, 0.05) is 12.0 Å². The van der Waals surface area contributed by atoms with E-state index in [9.17, 15) is 58.2 Å². The van der Waals surface area contributed by atoms with E-state index in [-0.39, 0.29) is 60.8 Å². The summed E-state index contributed by atoms with van der Waals surface area (Å²) in [6, 6.07) is -0.599. The Kier molecular flexibility index (Phi) is 15.8. The van der Waals surface area contributed by atoms with Gasteiger partial charge in [-0.15, -0.1) is 0 Å². The second kappa shape index (κ2) is 21.7.